The van der Waals surface area contributed by atoms with Gasteiger partial charge in [0.15, 0.2) is 0 Å². The fourth-order valence-corrected chi connectivity index (χ4v) is 4.51. The van der Waals surface area contributed by atoms with Gasteiger partial charge in [-0.15, -0.1) is 11.3 Å². The van der Waals surface area contributed by atoms with E-state index in [0.717, 1.165) is 47.8 Å². The third-order valence-electron chi connectivity index (χ3n) is 4.80. The zero-order valence-corrected chi connectivity index (χ0v) is 16.8. The molecule has 3 aromatic rings. The second kappa shape index (κ2) is 7.42. The van der Waals surface area contributed by atoms with Crippen LogP contribution in [0.2, 0.25) is 5.02 Å². The van der Waals surface area contributed by atoms with Gasteiger partial charge in [-0.3, -0.25) is 4.79 Å². The molecule has 4 rings (SSSR count). The molecule has 0 unspecified atom stereocenters. The summed E-state index contributed by atoms with van der Waals surface area (Å²) in [5, 5.41) is 4.49. The van der Waals surface area contributed by atoms with E-state index in [1.54, 1.807) is 18.5 Å². The molecule has 1 aromatic carbocycles. The van der Waals surface area contributed by atoms with Crippen LogP contribution in [0.25, 0.3) is 10.2 Å². The van der Waals surface area contributed by atoms with Crippen LogP contribution in [-0.4, -0.2) is 54.0 Å². The van der Waals surface area contributed by atoms with Crippen LogP contribution in [-0.2, 0) is 0 Å². The molecule has 1 N–H and O–H groups in total. The lowest BCUT2D eigenvalue weighted by atomic mass is 10.1. The van der Waals surface area contributed by atoms with Crippen LogP contribution >= 0.6 is 22.9 Å². The van der Waals surface area contributed by atoms with Crippen molar-refractivity contribution >= 4 is 50.6 Å². The van der Waals surface area contributed by atoms with Gasteiger partial charge in [0.1, 0.15) is 17.0 Å². The van der Waals surface area contributed by atoms with Crippen molar-refractivity contribution in [1.29, 1.82) is 0 Å². The smallest absolute Gasteiger partial charge is 0.266 e. The number of nitrogens with zero attached hydrogens (tertiary/aromatic N) is 4. The number of hydrogen-bond acceptors (Lipinski definition) is 6. The average Bonchev–Trinajstić information content (AvgIpc) is 3.00. The lowest BCUT2D eigenvalue weighted by Crippen LogP contribution is -2.44. The topological polar surface area (TPSA) is 61.4 Å². The van der Waals surface area contributed by atoms with E-state index in [-0.39, 0.29) is 5.91 Å². The Kier molecular flexibility index (Phi) is 4.99. The van der Waals surface area contributed by atoms with Crippen LogP contribution in [0, 0.1) is 6.92 Å². The Hall–Kier alpha value is -2.22. The van der Waals surface area contributed by atoms with Crippen molar-refractivity contribution in [1.82, 2.24) is 14.9 Å². The first-order valence-corrected chi connectivity index (χ1v) is 9.97. The predicted octanol–water partition coefficient (Wildman–Crippen LogP) is 3.66. The second-order valence-electron chi connectivity index (χ2n) is 6.69. The number of benzene rings is 1. The Morgan fingerprint density at radius 2 is 2.00 bits per heavy atom. The highest BCUT2D eigenvalue weighted by atomic mass is 35.5. The zero-order chi connectivity index (χ0) is 19.0. The molecule has 1 saturated heterocycles. The van der Waals surface area contributed by atoms with Crippen molar-refractivity contribution in [3.8, 4) is 0 Å². The van der Waals surface area contributed by atoms with E-state index < -0.39 is 0 Å². The number of aromatic nitrogens is 2. The molecular weight excluding hydrogens is 382 g/mol. The Morgan fingerprint density at radius 1 is 1.22 bits per heavy atom. The molecule has 8 heteroatoms. The molecule has 0 radical (unpaired) electrons. The van der Waals surface area contributed by atoms with E-state index in [1.807, 2.05) is 19.1 Å². The van der Waals surface area contributed by atoms with E-state index in [1.165, 1.54) is 11.3 Å². The molecule has 0 spiro atoms. The number of rotatable bonds is 3. The monoisotopic (exact) mass is 401 g/mol. The number of hydrogen-bond donors (Lipinski definition) is 1. The fraction of sp³-hybridized carbons (Fsp3) is 0.316. The maximum atomic E-state index is 12.8. The number of aryl methyl sites for hydroxylation is 1. The molecule has 1 fully saturated rings. The third kappa shape index (κ3) is 3.63. The van der Waals surface area contributed by atoms with E-state index in [4.69, 9.17) is 11.6 Å². The highest BCUT2D eigenvalue weighted by Crippen LogP contribution is 2.35. The molecule has 1 amide bonds. The molecule has 1 aliphatic heterocycles. The molecule has 140 valence electrons. The van der Waals surface area contributed by atoms with E-state index in [0.29, 0.717) is 15.6 Å². The first-order valence-electron chi connectivity index (χ1n) is 8.77. The summed E-state index contributed by atoms with van der Waals surface area (Å²) in [4.78, 5) is 27.9. The molecule has 27 heavy (non-hydrogen) atoms. The second-order valence-corrected chi connectivity index (χ2v) is 8.12. The average molecular weight is 402 g/mol. The van der Waals surface area contributed by atoms with Crippen LogP contribution in [0.3, 0.4) is 0 Å². The summed E-state index contributed by atoms with van der Waals surface area (Å²) >= 11 is 7.41. The number of halogens is 1. The third-order valence-corrected chi connectivity index (χ3v) is 6.23. The minimum atomic E-state index is -0.151. The van der Waals surface area contributed by atoms with E-state index >= 15 is 0 Å². The number of nitrogens with one attached hydrogen (secondary N) is 1. The molecule has 0 bridgehead atoms. The number of thiophene rings is 1. The number of likely N-dealkylation sites (N-methyl/N-ethyl adjacent to an activating group) is 1. The van der Waals surface area contributed by atoms with Gasteiger partial charge in [-0.05, 0) is 37.7 Å². The number of carbonyl (C=O) groups excluding carboxylic acids is 1. The summed E-state index contributed by atoms with van der Waals surface area (Å²) in [6.07, 6.45) is 1.59. The normalized spacial score (nSPS) is 15.3. The number of amides is 1. The molecule has 0 aliphatic carbocycles. The van der Waals surface area contributed by atoms with Crippen LogP contribution in [0.1, 0.15) is 15.2 Å². The van der Waals surface area contributed by atoms with Crippen molar-refractivity contribution in [2.24, 2.45) is 0 Å². The molecule has 0 saturated carbocycles. The van der Waals surface area contributed by atoms with Crippen LogP contribution in [0.15, 0.2) is 30.6 Å². The van der Waals surface area contributed by atoms with Gasteiger partial charge in [-0.1, -0.05) is 17.7 Å². The standard InChI is InChI=1S/C19H20ClN5OS/c1-12-15-17(25-8-6-24(2)7-9-25)21-11-22-19(15)27-16(12)18(26)23-14-5-3-4-13(20)10-14/h3-5,10-11H,6-9H2,1-2H3,(H,23,26). The van der Waals surface area contributed by atoms with Gasteiger partial charge in [0.25, 0.3) is 5.91 Å². The highest BCUT2D eigenvalue weighted by Gasteiger charge is 2.23. The summed E-state index contributed by atoms with van der Waals surface area (Å²) in [7, 11) is 2.13. The maximum Gasteiger partial charge on any atom is 0.266 e. The molecule has 6 nitrogen and oxygen atoms in total. The lowest BCUT2D eigenvalue weighted by molar-refractivity contribution is 0.103. The SMILES string of the molecule is Cc1c(C(=O)Nc2cccc(Cl)c2)sc2ncnc(N3CCN(C)CC3)c12. The Balaban J connectivity index is 1.67. The van der Waals surface area contributed by atoms with Crippen molar-refractivity contribution in [3.63, 3.8) is 0 Å². The van der Waals surface area contributed by atoms with E-state index in [9.17, 15) is 4.79 Å². The van der Waals surface area contributed by atoms with Gasteiger partial charge < -0.3 is 15.1 Å². The lowest BCUT2D eigenvalue weighted by Gasteiger charge is -2.33. The molecular formula is C19H20ClN5OS. The van der Waals surface area contributed by atoms with Gasteiger partial charge in [0, 0.05) is 36.9 Å². The minimum Gasteiger partial charge on any atom is -0.353 e. The van der Waals surface area contributed by atoms with Gasteiger partial charge >= 0.3 is 0 Å². The Labute approximate surface area is 166 Å². The maximum absolute atomic E-state index is 12.8. The zero-order valence-electron chi connectivity index (χ0n) is 15.2. The van der Waals surface area contributed by atoms with Crippen LogP contribution in [0.5, 0.6) is 0 Å². The number of fused-ring (bicyclic) bond motifs is 1. The highest BCUT2D eigenvalue weighted by molar-refractivity contribution is 7.20. The summed E-state index contributed by atoms with van der Waals surface area (Å²) in [6, 6.07) is 7.14. The molecule has 3 heterocycles. The summed E-state index contributed by atoms with van der Waals surface area (Å²) in [5.74, 6) is 0.769. The first-order chi connectivity index (χ1) is 13.0. The van der Waals surface area contributed by atoms with Gasteiger partial charge in [0.2, 0.25) is 0 Å². The number of anilines is 2. The van der Waals surface area contributed by atoms with Gasteiger partial charge in [0.05, 0.1) is 10.3 Å². The van der Waals surface area contributed by atoms with Gasteiger partial charge in [-0.25, -0.2) is 9.97 Å². The summed E-state index contributed by atoms with van der Waals surface area (Å²) < 4.78 is 0. The molecule has 2 aromatic heterocycles. The summed E-state index contributed by atoms with van der Waals surface area (Å²) in [5.41, 5.74) is 1.60. The van der Waals surface area contributed by atoms with Crippen molar-refractivity contribution in [2.75, 3.05) is 43.4 Å². The predicted molar refractivity (Wildman–Crippen MR) is 111 cm³/mol. The Bertz CT molecular complexity index is 997. The van der Waals surface area contributed by atoms with Crippen LogP contribution < -0.4 is 10.2 Å². The fourth-order valence-electron chi connectivity index (χ4n) is 3.28. The molecule has 1 aliphatic rings. The van der Waals surface area contributed by atoms with Gasteiger partial charge in [-0.2, -0.15) is 0 Å². The largest absolute Gasteiger partial charge is 0.353 e. The molecule has 0 atom stereocenters. The summed E-state index contributed by atoms with van der Waals surface area (Å²) in [6.45, 7) is 5.80. The van der Waals surface area contributed by atoms with Crippen molar-refractivity contribution in [2.45, 2.75) is 6.92 Å². The van der Waals surface area contributed by atoms with Crippen LogP contribution in [0.4, 0.5) is 11.5 Å². The van der Waals surface area contributed by atoms with E-state index in [2.05, 4.69) is 32.1 Å². The minimum absolute atomic E-state index is 0.151. The van der Waals surface area contributed by atoms with Crippen molar-refractivity contribution in [3.05, 3.63) is 46.1 Å². The quantitative estimate of drug-likeness (QED) is 0.725. The number of carbonyl (C=O) groups is 1. The van der Waals surface area contributed by atoms with Crippen molar-refractivity contribution < 1.29 is 4.79 Å². The first kappa shape index (κ1) is 18.2. The number of piperazine rings is 1. The Morgan fingerprint density at radius 3 is 2.74 bits per heavy atom.